The summed E-state index contributed by atoms with van der Waals surface area (Å²) in [5, 5.41) is 23.2. The Morgan fingerprint density at radius 2 is 1.86 bits per heavy atom. The van der Waals surface area contributed by atoms with Crippen molar-refractivity contribution in [1.29, 1.82) is 0 Å². The molecule has 1 aromatic carbocycles. The Labute approximate surface area is 164 Å². The van der Waals surface area contributed by atoms with Gasteiger partial charge in [0, 0.05) is 13.1 Å². The molecule has 1 saturated carbocycles. The number of β-amino-alcohol motifs (C(OH)–C–C–N with tert-alkyl or cyclic N) is 1. The Bertz CT molecular complexity index is 732. The standard InChI is InChI=1S/C21H29FN2O4/c1-14(2)17(25)18(26)23-12-20(28)10-11-24(13-20)19(27)21(8-3-9-21)15-4-6-16(22)7-5-15/h4-7,14,17,25,28H,3,8-13H2,1-2H3,(H,23,26)/t17-,20?/m1/s1. The van der Waals surface area contributed by atoms with E-state index in [0.717, 1.165) is 12.0 Å². The van der Waals surface area contributed by atoms with Crippen LogP contribution >= 0.6 is 0 Å². The lowest BCUT2D eigenvalue weighted by molar-refractivity contribution is -0.140. The number of nitrogens with one attached hydrogen (secondary N) is 1. The van der Waals surface area contributed by atoms with Crippen LogP contribution in [0.15, 0.2) is 24.3 Å². The topological polar surface area (TPSA) is 89.9 Å². The van der Waals surface area contributed by atoms with Gasteiger partial charge < -0.3 is 20.4 Å². The number of rotatable bonds is 6. The number of nitrogens with zero attached hydrogens (tertiary/aromatic N) is 1. The van der Waals surface area contributed by atoms with E-state index in [4.69, 9.17) is 0 Å². The van der Waals surface area contributed by atoms with E-state index in [9.17, 15) is 24.2 Å². The summed E-state index contributed by atoms with van der Waals surface area (Å²) in [6.07, 6.45) is 1.59. The van der Waals surface area contributed by atoms with Gasteiger partial charge in [0.2, 0.25) is 11.8 Å². The molecule has 2 aliphatic rings. The van der Waals surface area contributed by atoms with Gasteiger partial charge in [-0.2, -0.15) is 0 Å². The second-order valence-corrected chi connectivity index (χ2v) is 8.55. The SMILES string of the molecule is CC(C)[C@@H](O)C(=O)NCC1(O)CCN(C(=O)C2(c3ccc(F)cc3)CCC2)C1. The van der Waals surface area contributed by atoms with Gasteiger partial charge in [-0.25, -0.2) is 4.39 Å². The van der Waals surface area contributed by atoms with E-state index in [0.29, 0.717) is 25.8 Å². The lowest BCUT2D eigenvalue weighted by Crippen LogP contribution is -2.53. The van der Waals surface area contributed by atoms with Crippen molar-refractivity contribution in [3.05, 3.63) is 35.6 Å². The molecule has 1 saturated heterocycles. The Morgan fingerprint density at radius 3 is 2.39 bits per heavy atom. The summed E-state index contributed by atoms with van der Waals surface area (Å²) in [7, 11) is 0. The van der Waals surface area contributed by atoms with Crippen LogP contribution in [0.5, 0.6) is 0 Å². The fourth-order valence-electron chi connectivity index (χ4n) is 4.06. The molecule has 1 aromatic rings. The van der Waals surface area contributed by atoms with Gasteiger partial charge in [-0.3, -0.25) is 9.59 Å². The smallest absolute Gasteiger partial charge is 0.249 e. The van der Waals surface area contributed by atoms with Crippen molar-refractivity contribution in [1.82, 2.24) is 10.2 Å². The van der Waals surface area contributed by atoms with Crippen LogP contribution in [0, 0.1) is 11.7 Å². The van der Waals surface area contributed by atoms with Crippen molar-refractivity contribution in [3.8, 4) is 0 Å². The Kier molecular flexibility index (Phi) is 5.77. The number of carbonyl (C=O) groups excluding carboxylic acids is 2. The highest BCUT2D eigenvalue weighted by molar-refractivity contribution is 5.89. The monoisotopic (exact) mass is 392 g/mol. The van der Waals surface area contributed by atoms with E-state index < -0.39 is 23.0 Å². The van der Waals surface area contributed by atoms with Crippen molar-refractivity contribution in [3.63, 3.8) is 0 Å². The lowest BCUT2D eigenvalue weighted by atomic mass is 9.63. The molecule has 3 rings (SSSR count). The van der Waals surface area contributed by atoms with Crippen LogP contribution in [0.4, 0.5) is 4.39 Å². The maximum absolute atomic E-state index is 13.3. The van der Waals surface area contributed by atoms with Gasteiger partial charge in [0.25, 0.3) is 0 Å². The van der Waals surface area contributed by atoms with Crippen LogP contribution in [0.2, 0.25) is 0 Å². The number of halogens is 1. The molecule has 0 spiro atoms. The van der Waals surface area contributed by atoms with Crippen molar-refractivity contribution < 1.29 is 24.2 Å². The maximum Gasteiger partial charge on any atom is 0.249 e. The summed E-state index contributed by atoms with van der Waals surface area (Å²) in [6.45, 7) is 4.00. The summed E-state index contributed by atoms with van der Waals surface area (Å²) in [4.78, 5) is 26.8. The molecular formula is C21H29FN2O4. The number of benzene rings is 1. The Balaban J connectivity index is 1.64. The van der Waals surface area contributed by atoms with Gasteiger partial charge in [-0.15, -0.1) is 0 Å². The molecule has 1 unspecified atom stereocenters. The summed E-state index contributed by atoms with van der Waals surface area (Å²) in [5.74, 6) is -1.11. The Morgan fingerprint density at radius 1 is 1.21 bits per heavy atom. The quantitative estimate of drug-likeness (QED) is 0.682. The third-order valence-electron chi connectivity index (χ3n) is 6.12. The first kappa shape index (κ1) is 20.7. The van der Waals surface area contributed by atoms with Crippen molar-refractivity contribution in [2.75, 3.05) is 19.6 Å². The Hall–Kier alpha value is -1.99. The number of hydrogen-bond donors (Lipinski definition) is 3. The fraction of sp³-hybridized carbons (Fsp3) is 0.619. The zero-order valence-electron chi connectivity index (χ0n) is 16.4. The molecular weight excluding hydrogens is 363 g/mol. The summed E-state index contributed by atoms with van der Waals surface area (Å²) in [5.41, 5.74) is -1.04. The molecule has 7 heteroatoms. The molecule has 154 valence electrons. The molecule has 2 fully saturated rings. The minimum absolute atomic E-state index is 0.0110. The normalized spacial score (nSPS) is 24.7. The third kappa shape index (κ3) is 3.91. The molecule has 2 amide bonds. The van der Waals surface area contributed by atoms with Crippen molar-refractivity contribution in [2.45, 2.75) is 56.7 Å². The molecule has 3 N–H and O–H groups in total. The summed E-state index contributed by atoms with van der Waals surface area (Å²) in [6, 6.07) is 6.08. The first-order valence-electron chi connectivity index (χ1n) is 9.90. The number of hydrogen-bond acceptors (Lipinski definition) is 4. The molecule has 28 heavy (non-hydrogen) atoms. The third-order valence-corrected chi connectivity index (χ3v) is 6.12. The number of amides is 2. The van der Waals surface area contributed by atoms with Crippen molar-refractivity contribution >= 4 is 11.8 Å². The van der Waals surface area contributed by atoms with Gasteiger partial charge >= 0.3 is 0 Å². The molecule has 0 radical (unpaired) electrons. The van der Waals surface area contributed by atoms with Gasteiger partial charge in [0.1, 0.15) is 17.5 Å². The first-order valence-corrected chi connectivity index (χ1v) is 9.90. The average Bonchev–Trinajstić information content (AvgIpc) is 3.02. The second-order valence-electron chi connectivity index (χ2n) is 8.55. The van der Waals surface area contributed by atoms with E-state index in [1.165, 1.54) is 12.1 Å². The highest BCUT2D eigenvalue weighted by Gasteiger charge is 2.50. The molecule has 1 aliphatic heterocycles. The number of aliphatic hydroxyl groups is 2. The van der Waals surface area contributed by atoms with Crippen LogP contribution in [-0.4, -0.2) is 58.3 Å². The highest BCUT2D eigenvalue weighted by Crippen LogP contribution is 2.46. The predicted molar refractivity (Wildman–Crippen MR) is 102 cm³/mol. The van der Waals surface area contributed by atoms with Gasteiger partial charge in [-0.05, 0) is 42.9 Å². The predicted octanol–water partition coefficient (Wildman–Crippen LogP) is 1.34. The van der Waals surface area contributed by atoms with Crippen LogP contribution in [0.1, 0.15) is 45.1 Å². The molecule has 6 nitrogen and oxygen atoms in total. The van der Waals surface area contributed by atoms with Crippen LogP contribution in [0.3, 0.4) is 0 Å². The van der Waals surface area contributed by atoms with E-state index in [-0.39, 0.29) is 30.7 Å². The fourth-order valence-corrected chi connectivity index (χ4v) is 4.06. The van der Waals surface area contributed by atoms with Gasteiger partial charge in [0.05, 0.1) is 12.0 Å². The van der Waals surface area contributed by atoms with E-state index in [1.54, 1.807) is 30.9 Å². The zero-order valence-corrected chi connectivity index (χ0v) is 16.4. The van der Waals surface area contributed by atoms with E-state index in [1.807, 2.05) is 0 Å². The summed E-state index contributed by atoms with van der Waals surface area (Å²) < 4.78 is 13.3. The number of likely N-dealkylation sites (tertiary alicyclic amines) is 1. The first-order chi connectivity index (χ1) is 13.2. The molecule has 1 heterocycles. The second kappa shape index (κ2) is 7.79. The van der Waals surface area contributed by atoms with Crippen LogP contribution < -0.4 is 5.32 Å². The molecule has 2 atom stereocenters. The average molecular weight is 392 g/mol. The number of aliphatic hydroxyl groups excluding tert-OH is 1. The minimum Gasteiger partial charge on any atom is -0.386 e. The zero-order chi connectivity index (χ0) is 20.5. The van der Waals surface area contributed by atoms with E-state index >= 15 is 0 Å². The number of carbonyl (C=O) groups is 2. The molecule has 1 aliphatic carbocycles. The largest absolute Gasteiger partial charge is 0.386 e. The van der Waals surface area contributed by atoms with Gasteiger partial charge in [-0.1, -0.05) is 32.4 Å². The lowest BCUT2D eigenvalue weighted by Gasteiger charge is -2.43. The maximum atomic E-state index is 13.3. The minimum atomic E-state index is -1.21. The molecule has 0 aromatic heterocycles. The highest BCUT2D eigenvalue weighted by atomic mass is 19.1. The van der Waals surface area contributed by atoms with Crippen LogP contribution in [0.25, 0.3) is 0 Å². The summed E-state index contributed by atoms with van der Waals surface area (Å²) >= 11 is 0. The van der Waals surface area contributed by atoms with Crippen molar-refractivity contribution in [2.24, 2.45) is 5.92 Å². The molecule has 0 bridgehead atoms. The van der Waals surface area contributed by atoms with Crippen LogP contribution in [-0.2, 0) is 15.0 Å². The van der Waals surface area contributed by atoms with Gasteiger partial charge in [0.15, 0.2) is 0 Å². The van der Waals surface area contributed by atoms with E-state index in [2.05, 4.69) is 5.32 Å².